The second kappa shape index (κ2) is 4.45. The summed E-state index contributed by atoms with van der Waals surface area (Å²) in [6.45, 7) is 3.98. The fourth-order valence-corrected chi connectivity index (χ4v) is 1.51. The first-order valence-corrected chi connectivity index (χ1v) is 4.56. The standard InChI is InChI=1S/C11H13N2O.ClH/c1-8-7-13(3)5-4-10(8)11-6-9(2)12-14-11;/h4-7H,1-3H3;1H/q+1;/p-1. The first kappa shape index (κ1) is 11.7. The van der Waals surface area contributed by atoms with Crippen molar-refractivity contribution in [1.29, 1.82) is 0 Å². The molecular formula is C11H13ClN2O. The highest BCUT2D eigenvalue weighted by atomic mass is 35.5. The Hall–Kier alpha value is -1.35. The zero-order chi connectivity index (χ0) is 10.1. The molecule has 4 heteroatoms. The number of hydrogen-bond donors (Lipinski definition) is 0. The van der Waals surface area contributed by atoms with Crippen LogP contribution in [0.1, 0.15) is 11.3 Å². The highest BCUT2D eigenvalue weighted by Gasteiger charge is 2.09. The summed E-state index contributed by atoms with van der Waals surface area (Å²) < 4.78 is 7.23. The van der Waals surface area contributed by atoms with Gasteiger partial charge in [-0.3, -0.25) is 0 Å². The van der Waals surface area contributed by atoms with Crippen molar-refractivity contribution in [1.82, 2.24) is 5.16 Å². The van der Waals surface area contributed by atoms with E-state index in [2.05, 4.69) is 18.3 Å². The molecule has 0 N–H and O–H groups in total. The Morgan fingerprint density at radius 1 is 1.33 bits per heavy atom. The van der Waals surface area contributed by atoms with E-state index in [9.17, 15) is 0 Å². The Labute approximate surface area is 95.1 Å². The number of halogens is 1. The minimum Gasteiger partial charge on any atom is -1.00 e. The van der Waals surface area contributed by atoms with Gasteiger partial charge in [0.05, 0.1) is 5.69 Å². The lowest BCUT2D eigenvalue weighted by Crippen LogP contribution is -3.00. The van der Waals surface area contributed by atoms with Gasteiger partial charge >= 0.3 is 0 Å². The van der Waals surface area contributed by atoms with Gasteiger partial charge in [-0.05, 0) is 13.8 Å². The predicted octanol–water partition coefficient (Wildman–Crippen LogP) is -1.21. The lowest BCUT2D eigenvalue weighted by Gasteiger charge is -1.97. The molecule has 15 heavy (non-hydrogen) atoms. The van der Waals surface area contributed by atoms with Gasteiger partial charge in [0.25, 0.3) is 0 Å². The van der Waals surface area contributed by atoms with Gasteiger partial charge in [0.2, 0.25) is 0 Å². The Balaban J connectivity index is 0.00000112. The lowest BCUT2D eigenvalue weighted by atomic mass is 10.1. The molecule has 2 aromatic heterocycles. The van der Waals surface area contributed by atoms with Crippen molar-refractivity contribution in [2.24, 2.45) is 7.05 Å². The van der Waals surface area contributed by atoms with E-state index in [0.29, 0.717) is 0 Å². The second-order valence-electron chi connectivity index (χ2n) is 3.54. The molecule has 0 aromatic carbocycles. The molecule has 2 rings (SSSR count). The molecule has 0 aliphatic carbocycles. The first-order valence-electron chi connectivity index (χ1n) is 4.56. The third-order valence-corrected chi connectivity index (χ3v) is 2.19. The van der Waals surface area contributed by atoms with Crippen molar-refractivity contribution >= 4 is 0 Å². The van der Waals surface area contributed by atoms with E-state index in [0.717, 1.165) is 17.0 Å². The van der Waals surface area contributed by atoms with E-state index >= 15 is 0 Å². The molecule has 0 fully saturated rings. The van der Waals surface area contributed by atoms with Gasteiger partial charge < -0.3 is 16.9 Å². The van der Waals surface area contributed by atoms with Gasteiger partial charge in [-0.15, -0.1) is 0 Å². The number of nitrogens with zero attached hydrogens (tertiary/aromatic N) is 2. The summed E-state index contributed by atoms with van der Waals surface area (Å²) in [5.41, 5.74) is 3.20. The van der Waals surface area contributed by atoms with Crippen LogP contribution in [-0.2, 0) is 7.05 Å². The zero-order valence-electron chi connectivity index (χ0n) is 8.99. The van der Waals surface area contributed by atoms with Crippen molar-refractivity contribution in [2.45, 2.75) is 13.8 Å². The number of pyridine rings is 1. The van der Waals surface area contributed by atoms with Crippen molar-refractivity contribution in [3.8, 4) is 11.3 Å². The Morgan fingerprint density at radius 2 is 2.07 bits per heavy atom. The van der Waals surface area contributed by atoms with Gasteiger partial charge in [-0.2, -0.15) is 0 Å². The van der Waals surface area contributed by atoms with Crippen molar-refractivity contribution in [3.63, 3.8) is 0 Å². The van der Waals surface area contributed by atoms with Crippen LogP contribution in [-0.4, -0.2) is 5.16 Å². The van der Waals surface area contributed by atoms with E-state index in [1.807, 2.05) is 36.9 Å². The molecule has 2 heterocycles. The Morgan fingerprint density at radius 3 is 2.60 bits per heavy atom. The molecule has 0 amide bonds. The van der Waals surface area contributed by atoms with E-state index in [4.69, 9.17) is 4.52 Å². The summed E-state index contributed by atoms with van der Waals surface area (Å²) in [4.78, 5) is 0. The maximum Gasteiger partial charge on any atom is 0.172 e. The van der Waals surface area contributed by atoms with Crippen LogP contribution in [0.3, 0.4) is 0 Å². The van der Waals surface area contributed by atoms with E-state index in [1.165, 1.54) is 5.56 Å². The minimum atomic E-state index is 0. The summed E-state index contributed by atoms with van der Waals surface area (Å²) >= 11 is 0. The van der Waals surface area contributed by atoms with Crippen LogP contribution < -0.4 is 17.0 Å². The second-order valence-corrected chi connectivity index (χ2v) is 3.54. The smallest absolute Gasteiger partial charge is 0.172 e. The molecule has 0 unspecified atom stereocenters. The number of aryl methyl sites for hydroxylation is 3. The van der Waals surface area contributed by atoms with Crippen LogP contribution in [0.15, 0.2) is 29.0 Å². The maximum atomic E-state index is 5.21. The third-order valence-electron chi connectivity index (χ3n) is 2.19. The number of aromatic nitrogens is 2. The molecule has 2 aromatic rings. The fourth-order valence-electron chi connectivity index (χ4n) is 1.51. The van der Waals surface area contributed by atoms with Crippen LogP contribution in [0, 0.1) is 13.8 Å². The fraction of sp³-hybridized carbons (Fsp3) is 0.273. The molecule has 0 radical (unpaired) electrons. The van der Waals surface area contributed by atoms with Gasteiger partial charge in [-0.1, -0.05) is 5.16 Å². The monoisotopic (exact) mass is 224 g/mol. The highest BCUT2D eigenvalue weighted by molar-refractivity contribution is 5.60. The van der Waals surface area contributed by atoms with Crippen LogP contribution in [0.4, 0.5) is 0 Å². The van der Waals surface area contributed by atoms with Crippen molar-refractivity contribution in [3.05, 3.63) is 35.8 Å². The largest absolute Gasteiger partial charge is 1.00 e. The highest BCUT2D eigenvalue weighted by Crippen LogP contribution is 2.22. The predicted molar refractivity (Wildman–Crippen MR) is 52.6 cm³/mol. The topological polar surface area (TPSA) is 29.9 Å². The number of rotatable bonds is 1. The van der Waals surface area contributed by atoms with Crippen LogP contribution in [0.5, 0.6) is 0 Å². The van der Waals surface area contributed by atoms with Gasteiger partial charge in [0, 0.05) is 23.3 Å². The van der Waals surface area contributed by atoms with Gasteiger partial charge in [0.15, 0.2) is 18.2 Å². The first-order chi connectivity index (χ1) is 6.66. The van der Waals surface area contributed by atoms with Crippen molar-refractivity contribution in [2.75, 3.05) is 0 Å². The maximum absolute atomic E-state index is 5.21. The van der Waals surface area contributed by atoms with Crippen LogP contribution >= 0.6 is 0 Å². The average Bonchev–Trinajstić information content (AvgIpc) is 2.51. The molecule has 0 spiro atoms. The summed E-state index contributed by atoms with van der Waals surface area (Å²) in [6.07, 6.45) is 4.06. The molecule has 0 saturated heterocycles. The Kier molecular flexibility index (Phi) is 3.48. The average molecular weight is 225 g/mol. The molecule has 3 nitrogen and oxygen atoms in total. The normalized spacial score (nSPS) is 9.80. The summed E-state index contributed by atoms with van der Waals surface area (Å²) in [6, 6.07) is 3.98. The lowest BCUT2D eigenvalue weighted by molar-refractivity contribution is -0.671. The van der Waals surface area contributed by atoms with Gasteiger partial charge in [0.1, 0.15) is 7.05 Å². The zero-order valence-corrected chi connectivity index (χ0v) is 9.75. The van der Waals surface area contributed by atoms with Crippen LogP contribution in [0.2, 0.25) is 0 Å². The van der Waals surface area contributed by atoms with Crippen molar-refractivity contribution < 1.29 is 21.5 Å². The number of hydrogen-bond acceptors (Lipinski definition) is 2. The molecule has 0 bridgehead atoms. The summed E-state index contributed by atoms with van der Waals surface area (Å²) in [7, 11) is 2.00. The molecule has 0 aliphatic rings. The molecule has 0 saturated carbocycles. The SMILES string of the molecule is Cc1cc(-c2cc[n+](C)cc2C)on1.[Cl-]. The summed E-state index contributed by atoms with van der Waals surface area (Å²) in [5.74, 6) is 0.834. The summed E-state index contributed by atoms with van der Waals surface area (Å²) in [5, 5.41) is 3.87. The Bertz CT molecular complexity index is 465. The quantitative estimate of drug-likeness (QED) is 0.569. The van der Waals surface area contributed by atoms with E-state index in [1.54, 1.807) is 0 Å². The molecule has 80 valence electrons. The van der Waals surface area contributed by atoms with Crippen LogP contribution in [0.25, 0.3) is 11.3 Å². The van der Waals surface area contributed by atoms with Gasteiger partial charge in [-0.25, -0.2) is 4.57 Å². The molecule has 0 atom stereocenters. The van der Waals surface area contributed by atoms with E-state index < -0.39 is 0 Å². The molecule has 0 aliphatic heterocycles. The third kappa shape index (κ3) is 2.36. The minimum absolute atomic E-state index is 0. The van der Waals surface area contributed by atoms with E-state index in [-0.39, 0.29) is 12.4 Å². The molecular weight excluding hydrogens is 212 g/mol.